The van der Waals surface area contributed by atoms with E-state index < -0.39 is 0 Å². The Hall–Kier alpha value is -1.88. The fraction of sp³-hybridized carbons (Fsp3) is 0.714. The van der Waals surface area contributed by atoms with Crippen LogP contribution in [0.5, 0.6) is 0 Å². The molecule has 184 valence electrons. The highest BCUT2D eigenvalue weighted by Gasteiger charge is 2.42. The minimum atomic E-state index is -0.267. The molecule has 4 rings (SSSR count). The first kappa shape index (κ1) is 24.3. The number of likely N-dealkylation sites (tertiary alicyclic amines) is 2. The minimum Gasteiger partial charge on any atom is -0.350 e. The molecular weight excluding hydrogens is 410 g/mol. The Balaban J connectivity index is 0.00000324. The zero-order valence-corrected chi connectivity index (χ0v) is 21.2. The van der Waals surface area contributed by atoms with E-state index >= 15 is 0 Å². The van der Waals surface area contributed by atoms with Gasteiger partial charge in [-0.3, -0.25) is 9.59 Å². The molecule has 1 aromatic rings. The Morgan fingerprint density at radius 1 is 1.03 bits per heavy atom. The van der Waals surface area contributed by atoms with E-state index in [9.17, 15) is 9.59 Å². The van der Waals surface area contributed by atoms with Crippen molar-refractivity contribution in [3.8, 4) is 0 Å². The van der Waals surface area contributed by atoms with Crippen LogP contribution in [0.4, 0.5) is 0 Å². The van der Waals surface area contributed by atoms with Gasteiger partial charge < -0.3 is 15.1 Å². The third kappa shape index (κ3) is 5.45. The minimum absolute atomic E-state index is 0. The first-order chi connectivity index (χ1) is 15.7. The standard InChI is InChI=1S/C28H43N3O2.H2/c1-21(32)29-25-9-13-28(24-8-6-5-7-23(24)25)14-19-30(20-15-28)16-10-22-11-17-31(18-12-22)26(33)27(2,3)4;/h5-8,22,25H,9-20H2,1-4H3,(H,29,32);1H. The van der Waals surface area contributed by atoms with Gasteiger partial charge in [0, 0.05) is 26.9 Å². The van der Waals surface area contributed by atoms with Gasteiger partial charge in [-0.05, 0) is 87.0 Å². The molecule has 0 aromatic heterocycles. The van der Waals surface area contributed by atoms with Gasteiger partial charge in [0.2, 0.25) is 11.8 Å². The monoisotopic (exact) mass is 455 g/mol. The highest BCUT2D eigenvalue weighted by Crippen LogP contribution is 2.48. The van der Waals surface area contributed by atoms with Gasteiger partial charge in [0.15, 0.2) is 0 Å². The van der Waals surface area contributed by atoms with Crippen molar-refractivity contribution in [1.29, 1.82) is 0 Å². The second-order valence-electron chi connectivity index (χ2n) is 11.8. The van der Waals surface area contributed by atoms with Gasteiger partial charge in [0.25, 0.3) is 0 Å². The average Bonchev–Trinajstić information content (AvgIpc) is 2.80. The number of carbonyl (C=O) groups is 2. The fourth-order valence-corrected chi connectivity index (χ4v) is 6.38. The number of carbonyl (C=O) groups excluding carboxylic acids is 2. The molecule has 0 bridgehead atoms. The molecule has 2 aliphatic heterocycles. The van der Waals surface area contributed by atoms with Crippen LogP contribution in [0.25, 0.3) is 0 Å². The molecule has 1 spiro atoms. The van der Waals surface area contributed by atoms with E-state index in [4.69, 9.17) is 0 Å². The zero-order valence-electron chi connectivity index (χ0n) is 21.2. The zero-order chi connectivity index (χ0) is 23.6. The maximum absolute atomic E-state index is 12.5. The molecule has 2 heterocycles. The molecular formula is C28H45N3O2. The van der Waals surface area contributed by atoms with Crippen LogP contribution in [0.15, 0.2) is 24.3 Å². The predicted molar refractivity (Wildman–Crippen MR) is 135 cm³/mol. The Bertz CT molecular complexity index is 849. The van der Waals surface area contributed by atoms with Crippen LogP contribution in [0.3, 0.4) is 0 Å². The van der Waals surface area contributed by atoms with Gasteiger partial charge in [-0.25, -0.2) is 0 Å². The van der Waals surface area contributed by atoms with Crippen LogP contribution in [0.1, 0.15) is 91.2 Å². The Morgan fingerprint density at radius 3 is 2.33 bits per heavy atom. The van der Waals surface area contributed by atoms with Crippen molar-refractivity contribution in [2.24, 2.45) is 11.3 Å². The largest absolute Gasteiger partial charge is 0.350 e. The quantitative estimate of drug-likeness (QED) is 0.702. The summed E-state index contributed by atoms with van der Waals surface area (Å²) >= 11 is 0. The van der Waals surface area contributed by atoms with E-state index in [1.165, 1.54) is 56.4 Å². The number of benzene rings is 1. The van der Waals surface area contributed by atoms with Crippen LogP contribution in [0.2, 0.25) is 0 Å². The molecule has 2 amide bonds. The Morgan fingerprint density at radius 2 is 1.70 bits per heavy atom. The fourth-order valence-electron chi connectivity index (χ4n) is 6.38. The average molecular weight is 456 g/mol. The van der Waals surface area contributed by atoms with E-state index in [2.05, 4.69) is 39.4 Å². The highest BCUT2D eigenvalue weighted by atomic mass is 16.2. The van der Waals surface area contributed by atoms with Crippen LogP contribution >= 0.6 is 0 Å². The van der Waals surface area contributed by atoms with Crippen molar-refractivity contribution in [2.45, 2.75) is 84.1 Å². The molecule has 1 aliphatic carbocycles. The third-order valence-electron chi connectivity index (χ3n) is 8.41. The molecule has 0 radical (unpaired) electrons. The molecule has 3 aliphatic rings. The van der Waals surface area contributed by atoms with Crippen molar-refractivity contribution in [3.05, 3.63) is 35.4 Å². The Kier molecular flexibility index (Phi) is 7.18. The molecule has 2 saturated heterocycles. The molecule has 0 saturated carbocycles. The van der Waals surface area contributed by atoms with Crippen LogP contribution in [0, 0.1) is 11.3 Å². The summed E-state index contributed by atoms with van der Waals surface area (Å²) in [7, 11) is 0. The van der Waals surface area contributed by atoms with Gasteiger partial charge in [-0.15, -0.1) is 0 Å². The number of fused-ring (bicyclic) bond motifs is 2. The molecule has 5 nitrogen and oxygen atoms in total. The molecule has 1 unspecified atom stereocenters. The first-order valence-corrected chi connectivity index (χ1v) is 13.1. The van der Waals surface area contributed by atoms with Crippen LogP contribution in [-0.4, -0.2) is 54.3 Å². The second-order valence-corrected chi connectivity index (χ2v) is 11.8. The summed E-state index contributed by atoms with van der Waals surface area (Å²) in [6.07, 6.45) is 8.21. The lowest BCUT2D eigenvalue weighted by atomic mass is 9.63. The summed E-state index contributed by atoms with van der Waals surface area (Å²) in [5.74, 6) is 1.11. The van der Waals surface area contributed by atoms with Crippen molar-refractivity contribution in [2.75, 3.05) is 32.7 Å². The number of nitrogens with one attached hydrogen (secondary N) is 1. The van der Waals surface area contributed by atoms with Crippen LogP contribution in [-0.2, 0) is 15.0 Å². The lowest BCUT2D eigenvalue weighted by Gasteiger charge is -2.47. The molecule has 2 fully saturated rings. The van der Waals surface area contributed by atoms with Crippen molar-refractivity contribution >= 4 is 11.8 Å². The summed E-state index contributed by atoms with van der Waals surface area (Å²) in [5.41, 5.74) is 2.83. The van der Waals surface area contributed by atoms with Crippen molar-refractivity contribution in [3.63, 3.8) is 0 Å². The van der Waals surface area contributed by atoms with Crippen molar-refractivity contribution < 1.29 is 11.0 Å². The predicted octanol–water partition coefficient (Wildman–Crippen LogP) is 4.91. The molecule has 1 N–H and O–H groups in total. The summed E-state index contributed by atoms with van der Waals surface area (Å²) in [5, 5.41) is 3.17. The van der Waals surface area contributed by atoms with Crippen LogP contribution < -0.4 is 5.32 Å². The van der Waals surface area contributed by atoms with Gasteiger partial charge >= 0.3 is 0 Å². The van der Waals surface area contributed by atoms with Gasteiger partial charge in [0.05, 0.1) is 6.04 Å². The number of piperidine rings is 2. The summed E-state index contributed by atoms with van der Waals surface area (Å²) in [6.45, 7) is 13.1. The number of hydrogen-bond donors (Lipinski definition) is 1. The summed E-state index contributed by atoms with van der Waals surface area (Å²) in [4.78, 5) is 29.0. The van der Waals surface area contributed by atoms with Gasteiger partial charge in [-0.1, -0.05) is 45.0 Å². The van der Waals surface area contributed by atoms with E-state index in [0.29, 0.717) is 5.91 Å². The van der Waals surface area contributed by atoms with E-state index in [-0.39, 0.29) is 24.2 Å². The highest BCUT2D eigenvalue weighted by molar-refractivity contribution is 5.81. The van der Waals surface area contributed by atoms with Crippen molar-refractivity contribution in [1.82, 2.24) is 15.1 Å². The molecule has 1 atom stereocenters. The maximum atomic E-state index is 12.5. The van der Waals surface area contributed by atoms with E-state index in [1.54, 1.807) is 6.92 Å². The molecule has 1 aromatic carbocycles. The lowest BCUT2D eigenvalue weighted by Crippen LogP contribution is -2.47. The normalized spacial score (nSPS) is 23.9. The van der Waals surface area contributed by atoms with Gasteiger partial charge in [-0.2, -0.15) is 0 Å². The van der Waals surface area contributed by atoms with E-state index in [0.717, 1.165) is 38.3 Å². The first-order valence-electron chi connectivity index (χ1n) is 13.1. The molecule has 33 heavy (non-hydrogen) atoms. The number of hydrogen-bond acceptors (Lipinski definition) is 3. The smallest absolute Gasteiger partial charge is 0.227 e. The number of amides is 2. The topological polar surface area (TPSA) is 52.7 Å². The molecule has 5 heteroatoms. The lowest BCUT2D eigenvalue weighted by molar-refractivity contribution is -0.141. The number of rotatable bonds is 4. The summed E-state index contributed by atoms with van der Waals surface area (Å²) in [6, 6.07) is 8.98. The third-order valence-corrected chi connectivity index (χ3v) is 8.41. The maximum Gasteiger partial charge on any atom is 0.227 e. The SMILES string of the molecule is CC(=O)NC1CCC2(CCN(CCC3CCN(C(=O)C(C)(C)C)CC3)CC2)c2ccccc21.[HH]. The Labute approximate surface area is 201 Å². The second kappa shape index (κ2) is 9.77. The summed E-state index contributed by atoms with van der Waals surface area (Å²) < 4.78 is 0. The number of nitrogens with zero attached hydrogens (tertiary/aromatic N) is 2. The van der Waals surface area contributed by atoms with Gasteiger partial charge in [0.1, 0.15) is 0 Å². The van der Waals surface area contributed by atoms with E-state index in [1.807, 2.05) is 20.8 Å².